The Morgan fingerprint density at radius 3 is 2.50 bits per heavy atom. The molecule has 0 unspecified atom stereocenters. The van der Waals surface area contributed by atoms with Gasteiger partial charge in [0.25, 0.3) is 5.91 Å². The van der Waals surface area contributed by atoms with E-state index in [1.165, 1.54) is 11.1 Å². The zero-order valence-electron chi connectivity index (χ0n) is 18.1. The quantitative estimate of drug-likeness (QED) is 0.496. The van der Waals surface area contributed by atoms with Gasteiger partial charge in [0.1, 0.15) is 0 Å². The molecule has 0 saturated heterocycles. The summed E-state index contributed by atoms with van der Waals surface area (Å²) in [7, 11) is 0. The Labute approximate surface area is 177 Å². The number of aryl methyl sites for hydroxylation is 1. The Balaban J connectivity index is 1.51. The number of hydrogen-bond acceptors (Lipinski definition) is 3. The highest BCUT2D eigenvalue weighted by Gasteiger charge is 2.44. The van der Waals surface area contributed by atoms with Gasteiger partial charge in [0.15, 0.2) is 5.69 Å². The molecule has 0 aliphatic heterocycles. The maximum atomic E-state index is 12.6. The van der Waals surface area contributed by atoms with Gasteiger partial charge in [-0.3, -0.25) is 4.79 Å². The zero-order chi connectivity index (χ0) is 21.5. The number of benzene rings is 2. The zero-order valence-corrected chi connectivity index (χ0v) is 18.1. The number of amides is 1. The summed E-state index contributed by atoms with van der Waals surface area (Å²) in [6.45, 7) is 9.32. The topological polar surface area (TPSA) is 66.9 Å². The molecule has 1 aromatic heterocycles. The van der Waals surface area contributed by atoms with Gasteiger partial charge >= 0.3 is 0 Å². The molecule has 1 heterocycles. The first kappa shape index (κ1) is 20.3. The maximum Gasteiger partial charge on any atom is 0.268 e. The van der Waals surface area contributed by atoms with Gasteiger partial charge in [-0.1, -0.05) is 70.2 Å². The molecular formula is C25H29N3O2. The lowest BCUT2D eigenvalue weighted by atomic mass is 9.86. The fourth-order valence-electron chi connectivity index (χ4n) is 4.06. The Kier molecular flexibility index (Phi) is 5.22. The molecule has 5 heteroatoms. The molecule has 0 spiro atoms. The molecule has 2 atom stereocenters. The first-order valence-electron chi connectivity index (χ1n) is 10.7. The fraction of sp³-hybridized carbons (Fsp3) is 0.400. The summed E-state index contributed by atoms with van der Waals surface area (Å²) in [5.74, 6) is -0.0628. The molecule has 2 aromatic carbocycles. The van der Waals surface area contributed by atoms with Crippen molar-refractivity contribution in [1.29, 1.82) is 0 Å². The van der Waals surface area contributed by atoms with Crippen molar-refractivity contribution >= 4 is 22.5 Å². The minimum atomic E-state index is -0.216. The lowest BCUT2D eigenvalue weighted by molar-refractivity contribution is -0.119. The van der Waals surface area contributed by atoms with Crippen molar-refractivity contribution in [3.05, 3.63) is 59.7 Å². The highest BCUT2D eigenvalue weighted by Crippen LogP contribution is 2.49. The van der Waals surface area contributed by atoms with Crippen molar-refractivity contribution in [2.24, 2.45) is 16.1 Å². The van der Waals surface area contributed by atoms with Gasteiger partial charge in [0, 0.05) is 17.8 Å². The number of aromatic hydroxyl groups is 1. The van der Waals surface area contributed by atoms with Gasteiger partial charge in [0.2, 0.25) is 5.88 Å². The van der Waals surface area contributed by atoms with E-state index in [2.05, 4.69) is 62.2 Å². The number of rotatable bonds is 5. The van der Waals surface area contributed by atoms with Crippen LogP contribution in [0.1, 0.15) is 57.6 Å². The number of carbonyl (C=O) groups is 1. The van der Waals surface area contributed by atoms with Crippen molar-refractivity contribution < 1.29 is 9.90 Å². The third-order valence-electron chi connectivity index (χ3n) is 5.93. The second-order valence-corrected chi connectivity index (χ2v) is 9.20. The van der Waals surface area contributed by atoms with Crippen LogP contribution in [0.4, 0.5) is 5.69 Å². The van der Waals surface area contributed by atoms with E-state index in [1.54, 1.807) is 0 Å². The van der Waals surface area contributed by atoms with Gasteiger partial charge in [-0.15, -0.1) is 10.2 Å². The minimum absolute atomic E-state index is 0.0692. The third-order valence-corrected chi connectivity index (χ3v) is 5.93. The molecule has 1 fully saturated rings. The number of nitrogens with zero attached hydrogens (tertiary/aromatic N) is 3. The van der Waals surface area contributed by atoms with Gasteiger partial charge in [-0.2, -0.15) is 0 Å². The summed E-state index contributed by atoms with van der Waals surface area (Å²) in [5, 5.41) is 19.6. The molecule has 1 amide bonds. The largest absolute Gasteiger partial charge is 0.493 e. The monoisotopic (exact) mass is 403 g/mol. The van der Waals surface area contributed by atoms with Gasteiger partial charge < -0.3 is 9.67 Å². The molecule has 1 saturated carbocycles. The van der Waals surface area contributed by atoms with Crippen LogP contribution < -0.4 is 0 Å². The van der Waals surface area contributed by atoms with Crippen molar-refractivity contribution in [2.45, 2.75) is 58.4 Å². The summed E-state index contributed by atoms with van der Waals surface area (Å²) in [6.07, 6.45) is 1.69. The summed E-state index contributed by atoms with van der Waals surface area (Å²) >= 11 is 0. The predicted octanol–water partition coefficient (Wildman–Crippen LogP) is 6.47. The second kappa shape index (κ2) is 7.71. The van der Waals surface area contributed by atoms with Crippen molar-refractivity contribution in [3.63, 3.8) is 0 Å². The molecular weight excluding hydrogens is 374 g/mol. The summed E-state index contributed by atoms with van der Waals surface area (Å²) in [4.78, 5) is 12.6. The Bertz CT molecular complexity index is 1100. The molecule has 30 heavy (non-hydrogen) atoms. The van der Waals surface area contributed by atoms with Crippen LogP contribution in [0.25, 0.3) is 10.9 Å². The minimum Gasteiger partial charge on any atom is -0.493 e. The summed E-state index contributed by atoms with van der Waals surface area (Å²) in [5.41, 5.74) is 3.86. The average molecular weight is 404 g/mol. The van der Waals surface area contributed by atoms with Crippen LogP contribution >= 0.6 is 0 Å². The van der Waals surface area contributed by atoms with E-state index in [1.807, 2.05) is 28.8 Å². The molecule has 156 valence electrons. The van der Waals surface area contributed by atoms with Crippen LogP contribution in [0.2, 0.25) is 0 Å². The van der Waals surface area contributed by atoms with E-state index in [9.17, 15) is 9.90 Å². The Morgan fingerprint density at radius 2 is 1.83 bits per heavy atom. The molecule has 0 radical (unpaired) electrons. The lowest BCUT2D eigenvalue weighted by Crippen LogP contribution is -2.10. The number of carbonyl (C=O) groups excluding carboxylic acids is 1. The predicted molar refractivity (Wildman–Crippen MR) is 119 cm³/mol. The van der Waals surface area contributed by atoms with E-state index in [4.69, 9.17) is 0 Å². The smallest absolute Gasteiger partial charge is 0.268 e. The SMILES string of the molecule is CCCn1c(O)c(N=NC(=O)[C@@H]2C[C@@H]2c2ccc(C(C)(C)C)cc2)c2ccccc21. The Morgan fingerprint density at radius 1 is 1.13 bits per heavy atom. The number of aromatic nitrogens is 1. The van der Waals surface area contributed by atoms with Crippen LogP contribution in [0.3, 0.4) is 0 Å². The first-order chi connectivity index (χ1) is 14.3. The van der Waals surface area contributed by atoms with Gasteiger partial charge in [-0.05, 0) is 41.4 Å². The average Bonchev–Trinajstić information content (AvgIpc) is 3.48. The molecule has 3 aromatic rings. The van der Waals surface area contributed by atoms with Crippen LogP contribution in [-0.2, 0) is 16.8 Å². The van der Waals surface area contributed by atoms with Crippen LogP contribution in [0, 0.1) is 5.92 Å². The second-order valence-electron chi connectivity index (χ2n) is 9.20. The molecule has 0 bridgehead atoms. The number of para-hydroxylation sites is 1. The highest BCUT2D eigenvalue weighted by atomic mass is 16.3. The first-order valence-corrected chi connectivity index (χ1v) is 10.7. The highest BCUT2D eigenvalue weighted by molar-refractivity contribution is 5.95. The maximum absolute atomic E-state index is 12.6. The lowest BCUT2D eigenvalue weighted by Gasteiger charge is -2.19. The van der Waals surface area contributed by atoms with Gasteiger partial charge in [-0.25, -0.2) is 0 Å². The van der Waals surface area contributed by atoms with Crippen LogP contribution in [0.15, 0.2) is 58.8 Å². The third kappa shape index (κ3) is 3.76. The molecule has 5 nitrogen and oxygen atoms in total. The molecule has 1 aliphatic rings. The Hall–Kier alpha value is -2.95. The number of fused-ring (bicyclic) bond motifs is 1. The van der Waals surface area contributed by atoms with E-state index in [-0.39, 0.29) is 29.0 Å². The molecule has 1 N–H and O–H groups in total. The van der Waals surface area contributed by atoms with Crippen molar-refractivity contribution in [1.82, 2.24) is 4.57 Å². The van der Waals surface area contributed by atoms with E-state index in [0.29, 0.717) is 12.2 Å². The number of azo groups is 1. The number of hydrogen-bond donors (Lipinski definition) is 1. The summed E-state index contributed by atoms with van der Waals surface area (Å²) in [6, 6.07) is 16.2. The molecule has 1 aliphatic carbocycles. The van der Waals surface area contributed by atoms with E-state index < -0.39 is 0 Å². The normalized spacial score (nSPS) is 18.9. The van der Waals surface area contributed by atoms with Crippen molar-refractivity contribution in [2.75, 3.05) is 0 Å². The molecule has 4 rings (SSSR count). The summed E-state index contributed by atoms with van der Waals surface area (Å²) < 4.78 is 1.82. The van der Waals surface area contributed by atoms with Crippen molar-refractivity contribution in [3.8, 4) is 5.88 Å². The van der Waals surface area contributed by atoms with Crippen LogP contribution in [-0.4, -0.2) is 15.6 Å². The van der Waals surface area contributed by atoms with E-state index >= 15 is 0 Å². The van der Waals surface area contributed by atoms with Crippen LogP contribution in [0.5, 0.6) is 5.88 Å². The van der Waals surface area contributed by atoms with Gasteiger partial charge in [0.05, 0.1) is 5.52 Å². The fourth-order valence-corrected chi connectivity index (χ4v) is 4.06. The van der Waals surface area contributed by atoms with E-state index in [0.717, 1.165) is 23.7 Å². The standard InChI is InChI=1S/C25H29N3O2/c1-5-14-28-21-9-7-6-8-18(21)22(24(28)30)26-27-23(29)20-15-19(20)16-10-12-17(13-11-16)25(2,3)4/h6-13,19-20,30H,5,14-15H2,1-4H3/t19-,20-/m1/s1.